The first-order chi connectivity index (χ1) is 8.63. The van der Waals surface area contributed by atoms with Crippen LogP contribution < -0.4 is 4.90 Å². The second-order valence-corrected chi connectivity index (χ2v) is 4.75. The Bertz CT molecular complexity index is 447. The number of nitro benzene ring substituents is 1. The fourth-order valence-electron chi connectivity index (χ4n) is 2.13. The van der Waals surface area contributed by atoms with Crippen LogP contribution in [0.4, 0.5) is 15.8 Å². The lowest BCUT2D eigenvalue weighted by Crippen LogP contribution is -2.27. The number of anilines is 1. The van der Waals surface area contributed by atoms with Crippen LogP contribution in [-0.4, -0.2) is 18.0 Å². The molecule has 0 radical (unpaired) electrons. The van der Waals surface area contributed by atoms with Gasteiger partial charge in [-0.25, -0.2) is 0 Å². The number of rotatable bonds is 6. The number of nitro groups is 1. The Balaban J connectivity index is 2.32. The fourth-order valence-corrected chi connectivity index (χ4v) is 2.13. The monoisotopic (exact) mass is 252 g/mol. The largest absolute Gasteiger partial charge is 0.366 e. The molecule has 1 aliphatic rings. The van der Waals surface area contributed by atoms with Crippen molar-refractivity contribution in [2.24, 2.45) is 5.92 Å². The second kappa shape index (κ2) is 5.33. The molecule has 0 unspecified atom stereocenters. The van der Waals surface area contributed by atoms with Crippen LogP contribution in [0, 0.1) is 21.8 Å². The van der Waals surface area contributed by atoms with Gasteiger partial charge < -0.3 is 4.90 Å². The molecule has 0 N–H and O–H groups in total. The van der Waals surface area contributed by atoms with Crippen molar-refractivity contribution in [2.45, 2.75) is 26.2 Å². The van der Waals surface area contributed by atoms with Crippen LogP contribution in [0.1, 0.15) is 26.2 Å². The first-order valence-corrected chi connectivity index (χ1v) is 6.31. The van der Waals surface area contributed by atoms with Crippen molar-refractivity contribution >= 4 is 11.4 Å². The summed E-state index contributed by atoms with van der Waals surface area (Å²) in [6.45, 7) is 3.53. The Kier molecular flexibility index (Phi) is 3.79. The van der Waals surface area contributed by atoms with Gasteiger partial charge in [-0.05, 0) is 37.3 Å². The molecule has 0 heterocycles. The molecular weight excluding hydrogens is 235 g/mol. The Morgan fingerprint density at radius 1 is 1.50 bits per heavy atom. The summed E-state index contributed by atoms with van der Waals surface area (Å²) >= 11 is 0. The van der Waals surface area contributed by atoms with Gasteiger partial charge in [-0.15, -0.1) is 0 Å². The van der Waals surface area contributed by atoms with E-state index in [4.69, 9.17) is 0 Å². The highest BCUT2D eigenvalue weighted by Gasteiger charge is 2.29. The maximum Gasteiger partial charge on any atom is 0.327 e. The van der Waals surface area contributed by atoms with Crippen LogP contribution in [0.25, 0.3) is 0 Å². The Morgan fingerprint density at radius 2 is 2.22 bits per heavy atom. The van der Waals surface area contributed by atoms with Crippen molar-refractivity contribution in [2.75, 3.05) is 18.0 Å². The summed E-state index contributed by atoms with van der Waals surface area (Å²) in [6.07, 6.45) is 3.23. The van der Waals surface area contributed by atoms with Gasteiger partial charge in [-0.1, -0.05) is 13.0 Å². The van der Waals surface area contributed by atoms with Crippen molar-refractivity contribution in [3.63, 3.8) is 0 Å². The first kappa shape index (κ1) is 12.8. The Hall–Kier alpha value is -1.65. The summed E-state index contributed by atoms with van der Waals surface area (Å²) in [5.41, 5.74) is 0.0142. The lowest BCUT2D eigenvalue weighted by Gasteiger charge is -2.24. The molecule has 0 aromatic heterocycles. The van der Waals surface area contributed by atoms with Crippen molar-refractivity contribution in [1.82, 2.24) is 0 Å². The minimum absolute atomic E-state index is 0.397. The van der Waals surface area contributed by atoms with E-state index in [2.05, 4.69) is 0 Å². The predicted molar refractivity (Wildman–Crippen MR) is 68.3 cm³/mol. The van der Waals surface area contributed by atoms with E-state index < -0.39 is 16.4 Å². The van der Waals surface area contributed by atoms with Gasteiger partial charge in [-0.2, -0.15) is 4.39 Å². The minimum atomic E-state index is -0.755. The molecule has 4 nitrogen and oxygen atoms in total. The SMILES string of the molecule is CCCN(CC1CC1)c1cccc(F)c1[N+](=O)[O-]. The van der Waals surface area contributed by atoms with Crippen LogP contribution in [0.15, 0.2) is 18.2 Å². The molecule has 0 bridgehead atoms. The van der Waals surface area contributed by atoms with Crippen LogP contribution in [-0.2, 0) is 0 Å². The third kappa shape index (κ3) is 2.78. The fraction of sp³-hybridized carbons (Fsp3) is 0.538. The summed E-state index contributed by atoms with van der Waals surface area (Å²) in [5.74, 6) is -0.145. The van der Waals surface area contributed by atoms with E-state index in [1.165, 1.54) is 18.9 Å². The van der Waals surface area contributed by atoms with E-state index in [9.17, 15) is 14.5 Å². The molecule has 0 amide bonds. The number of hydrogen-bond donors (Lipinski definition) is 0. The van der Waals surface area contributed by atoms with E-state index in [0.717, 1.165) is 25.6 Å². The zero-order valence-corrected chi connectivity index (χ0v) is 10.4. The molecule has 18 heavy (non-hydrogen) atoms. The zero-order valence-electron chi connectivity index (χ0n) is 10.4. The van der Waals surface area contributed by atoms with Gasteiger partial charge in [0, 0.05) is 13.1 Å². The lowest BCUT2D eigenvalue weighted by molar-refractivity contribution is -0.386. The molecule has 1 aromatic rings. The van der Waals surface area contributed by atoms with Crippen LogP contribution in [0.5, 0.6) is 0 Å². The summed E-state index contributed by atoms with van der Waals surface area (Å²) in [4.78, 5) is 12.3. The van der Waals surface area contributed by atoms with Gasteiger partial charge >= 0.3 is 5.69 Å². The van der Waals surface area contributed by atoms with Crippen molar-refractivity contribution in [3.05, 3.63) is 34.1 Å². The van der Waals surface area contributed by atoms with Gasteiger partial charge in [0.15, 0.2) is 0 Å². The smallest absolute Gasteiger partial charge is 0.327 e. The maximum atomic E-state index is 13.6. The minimum Gasteiger partial charge on any atom is -0.366 e. The second-order valence-electron chi connectivity index (χ2n) is 4.75. The topological polar surface area (TPSA) is 46.4 Å². The van der Waals surface area contributed by atoms with E-state index in [0.29, 0.717) is 11.6 Å². The maximum absolute atomic E-state index is 13.6. The van der Waals surface area contributed by atoms with Crippen molar-refractivity contribution in [1.29, 1.82) is 0 Å². The number of benzene rings is 1. The van der Waals surface area contributed by atoms with Crippen LogP contribution >= 0.6 is 0 Å². The number of nitrogens with zero attached hydrogens (tertiary/aromatic N) is 2. The van der Waals surface area contributed by atoms with Crippen molar-refractivity contribution < 1.29 is 9.31 Å². The van der Waals surface area contributed by atoms with Gasteiger partial charge in [0.2, 0.25) is 5.82 Å². The molecule has 1 fully saturated rings. The third-order valence-electron chi connectivity index (χ3n) is 3.16. The van der Waals surface area contributed by atoms with Gasteiger partial charge in [0.25, 0.3) is 0 Å². The molecular formula is C13H17FN2O2. The summed E-state index contributed by atoms with van der Waals surface area (Å²) < 4.78 is 13.6. The third-order valence-corrected chi connectivity index (χ3v) is 3.16. The van der Waals surface area contributed by atoms with Crippen LogP contribution in [0.2, 0.25) is 0 Å². The number of hydrogen-bond acceptors (Lipinski definition) is 3. The quantitative estimate of drug-likeness (QED) is 0.576. The van der Waals surface area contributed by atoms with Crippen LogP contribution in [0.3, 0.4) is 0 Å². The molecule has 1 aliphatic carbocycles. The number of halogens is 1. The highest BCUT2D eigenvalue weighted by Crippen LogP contribution is 2.35. The number of para-hydroxylation sites is 1. The Morgan fingerprint density at radius 3 is 2.78 bits per heavy atom. The Labute approximate surface area is 106 Å². The molecule has 0 saturated heterocycles. The molecule has 5 heteroatoms. The molecule has 1 aromatic carbocycles. The zero-order chi connectivity index (χ0) is 13.1. The molecule has 1 saturated carbocycles. The normalized spacial score (nSPS) is 14.6. The van der Waals surface area contributed by atoms with Crippen molar-refractivity contribution in [3.8, 4) is 0 Å². The summed E-state index contributed by atoms with van der Waals surface area (Å²) in [6, 6.07) is 4.31. The standard InChI is InChI=1S/C13H17FN2O2/c1-2-8-15(9-10-6-7-10)12-5-3-4-11(14)13(12)16(17)18/h3-5,10H,2,6-9H2,1H3. The molecule has 98 valence electrons. The summed E-state index contributed by atoms with van der Waals surface area (Å²) in [5, 5.41) is 11.0. The van der Waals surface area contributed by atoms with E-state index >= 15 is 0 Å². The van der Waals surface area contributed by atoms with Gasteiger partial charge in [-0.3, -0.25) is 10.1 Å². The summed E-state index contributed by atoms with van der Waals surface area (Å²) in [7, 11) is 0. The molecule has 0 aliphatic heterocycles. The predicted octanol–water partition coefficient (Wildman–Crippen LogP) is 3.36. The van der Waals surface area contributed by atoms with E-state index in [1.807, 2.05) is 11.8 Å². The van der Waals surface area contributed by atoms with E-state index in [-0.39, 0.29) is 0 Å². The highest BCUT2D eigenvalue weighted by molar-refractivity contribution is 5.63. The molecule has 2 rings (SSSR count). The average Bonchev–Trinajstić information content (AvgIpc) is 3.11. The van der Waals surface area contributed by atoms with Gasteiger partial charge in [0.1, 0.15) is 5.69 Å². The molecule has 0 atom stereocenters. The molecule has 0 spiro atoms. The highest BCUT2D eigenvalue weighted by atomic mass is 19.1. The average molecular weight is 252 g/mol. The first-order valence-electron chi connectivity index (χ1n) is 6.31. The van der Waals surface area contributed by atoms with Gasteiger partial charge in [0.05, 0.1) is 4.92 Å². The lowest BCUT2D eigenvalue weighted by atomic mass is 10.2. The van der Waals surface area contributed by atoms with E-state index in [1.54, 1.807) is 6.07 Å².